The second kappa shape index (κ2) is 5.18. The monoisotopic (exact) mass is 283 g/mol. The SMILES string of the molecule is CC(C)(C)c1ccccc1NC1CCc2cc(F)ccc21. The Morgan fingerprint density at radius 3 is 2.62 bits per heavy atom. The number of nitrogens with one attached hydrogen (secondary N) is 1. The molecule has 0 aromatic heterocycles. The summed E-state index contributed by atoms with van der Waals surface area (Å²) in [5, 5.41) is 3.67. The summed E-state index contributed by atoms with van der Waals surface area (Å²) >= 11 is 0. The molecule has 1 aliphatic rings. The van der Waals surface area contributed by atoms with Crippen molar-refractivity contribution in [3.8, 4) is 0 Å². The van der Waals surface area contributed by atoms with Gasteiger partial charge in [-0.3, -0.25) is 0 Å². The topological polar surface area (TPSA) is 12.0 Å². The standard InChI is InChI=1S/C19H22FN/c1-19(2,3)16-6-4-5-7-18(16)21-17-11-8-13-12-14(20)9-10-15(13)17/h4-7,9-10,12,17,21H,8,11H2,1-3H3. The molecule has 0 saturated heterocycles. The molecule has 0 radical (unpaired) electrons. The van der Waals surface area contributed by atoms with Crippen molar-refractivity contribution in [3.05, 3.63) is 65.0 Å². The van der Waals surface area contributed by atoms with Crippen molar-refractivity contribution in [1.29, 1.82) is 0 Å². The van der Waals surface area contributed by atoms with Gasteiger partial charge in [0, 0.05) is 5.69 Å². The smallest absolute Gasteiger partial charge is 0.123 e. The molecule has 0 spiro atoms. The van der Waals surface area contributed by atoms with Crippen molar-refractivity contribution in [2.24, 2.45) is 0 Å². The van der Waals surface area contributed by atoms with Gasteiger partial charge in [-0.25, -0.2) is 4.39 Å². The van der Waals surface area contributed by atoms with Crippen LogP contribution in [0.15, 0.2) is 42.5 Å². The average molecular weight is 283 g/mol. The summed E-state index contributed by atoms with van der Waals surface area (Å²) < 4.78 is 13.3. The maximum Gasteiger partial charge on any atom is 0.123 e. The Hall–Kier alpha value is -1.83. The van der Waals surface area contributed by atoms with E-state index in [1.807, 2.05) is 6.07 Å². The average Bonchev–Trinajstić information content (AvgIpc) is 2.80. The molecule has 1 nitrogen and oxygen atoms in total. The van der Waals surface area contributed by atoms with Gasteiger partial charge in [0.05, 0.1) is 6.04 Å². The summed E-state index contributed by atoms with van der Waals surface area (Å²) in [5.74, 6) is -0.135. The third kappa shape index (κ3) is 2.80. The molecule has 2 aromatic rings. The van der Waals surface area contributed by atoms with Crippen molar-refractivity contribution in [2.45, 2.75) is 45.1 Å². The molecule has 3 rings (SSSR count). The maximum atomic E-state index is 13.3. The predicted molar refractivity (Wildman–Crippen MR) is 86.2 cm³/mol. The minimum Gasteiger partial charge on any atom is -0.378 e. The minimum absolute atomic E-state index is 0.105. The molecular weight excluding hydrogens is 261 g/mol. The summed E-state index contributed by atoms with van der Waals surface area (Å²) in [5.41, 5.74) is 4.99. The van der Waals surface area contributed by atoms with Crippen LogP contribution in [0, 0.1) is 5.82 Å². The first kappa shape index (κ1) is 14.1. The number of aryl methyl sites for hydroxylation is 1. The second-order valence-electron chi connectivity index (χ2n) is 6.87. The molecule has 2 aromatic carbocycles. The van der Waals surface area contributed by atoms with Gasteiger partial charge in [-0.2, -0.15) is 0 Å². The summed E-state index contributed by atoms with van der Waals surface area (Å²) in [4.78, 5) is 0. The number of anilines is 1. The molecule has 0 aliphatic heterocycles. The first-order valence-corrected chi connectivity index (χ1v) is 7.59. The molecule has 1 unspecified atom stereocenters. The van der Waals surface area contributed by atoms with Gasteiger partial charge < -0.3 is 5.32 Å². The number of rotatable bonds is 2. The number of hydrogen-bond donors (Lipinski definition) is 1. The van der Waals surface area contributed by atoms with Gasteiger partial charge in [-0.1, -0.05) is 45.0 Å². The normalized spacial score (nSPS) is 17.6. The Labute approximate surface area is 126 Å². The van der Waals surface area contributed by atoms with Crippen LogP contribution in [-0.2, 0) is 11.8 Å². The van der Waals surface area contributed by atoms with Gasteiger partial charge in [0.2, 0.25) is 0 Å². The summed E-state index contributed by atoms with van der Waals surface area (Å²) in [6, 6.07) is 13.9. The van der Waals surface area contributed by atoms with E-state index in [0.717, 1.165) is 18.4 Å². The van der Waals surface area contributed by atoms with E-state index in [2.05, 4.69) is 50.4 Å². The molecule has 0 heterocycles. The van der Waals surface area contributed by atoms with Crippen molar-refractivity contribution >= 4 is 5.69 Å². The Morgan fingerprint density at radius 1 is 1.10 bits per heavy atom. The van der Waals surface area contributed by atoms with Crippen LogP contribution in [0.3, 0.4) is 0 Å². The summed E-state index contributed by atoms with van der Waals surface area (Å²) in [6.45, 7) is 6.68. The van der Waals surface area contributed by atoms with E-state index in [1.165, 1.54) is 16.8 Å². The van der Waals surface area contributed by atoms with Crippen molar-refractivity contribution in [3.63, 3.8) is 0 Å². The van der Waals surface area contributed by atoms with E-state index in [1.54, 1.807) is 12.1 Å². The fourth-order valence-electron chi connectivity index (χ4n) is 3.19. The zero-order valence-electron chi connectivity index (χ0n) is 12.9. The van der Waals surface area contributed by atoms with E-state index >= 15 is 0 Å². The van der Waals surface area contributed by atoms with Gasteiger partial charge in [-0.05, 0) is 53.1 Å². The highest BCUT2D eigenvalue weighted by Gasteiger charge is 2.25. The van der Waals surface area contributed by atoms with E-state index in [0.29, 0.717) is 0 Å². The zero-order valence-corrected chi connectivity index (χ0v) is 12.9. The van der Waals surface area contributed by atoms with E-state index in [-0.39, 0.29) is 17.3 Å². The quantitative estimate of drug-likeness (QED) is 0.796. The number of benzene rings is 2. The maximum absolute atomic E-state index is 13.3. The highest BCUT2D eigenvalue weighted by molar-refractivity contribution is 5.56. The molecule has 2 heteroatoms. The van der Waals surface area contributed by atoms with Crippen LogP contribution in [0.4, 0.5) is 10.1 Å². The molecule has 110 valence electrons. The Morgan fingerprint density at radius 2 is 1.86 bits per heavy atom. The van der Waals surface area contributed by atoms with Gasteiger partial charge in [0.1, 0.15) is 5.82 Å². The molecule has 0 amide bonds. The van der Waals surface area contributed by atoms with Crippen LogP contribution in [0.2, 0.25) is 0 Å². The van der Waals surface area contributed by atoms with Crippen LogP contribution >= 0.6 is 0 Å². The zero-order chi connectivity index (χ0) is 15.0. The molecule has 0 fully saturated rings. The van der Waals surface area contributed by atoms with Crippen molar-refractivity contribution in [1.82, 2.24) is 0 Å². The molecule has 1 aliphatic carbocycles. The van der Waals surface area contributed by atoms with Gasteiger partial charge in [0.15, 0.2) is 0 Å². The van der Waals surface area contributed by atoms with Crippen LogP contribution in [0.1, 0.15) is 49.9 Å². The van der Waals surface area contributed by atoms with Gasteiger partial charge >= 0.3 is 0 Å². The number of halogens is 1. The summed E-state index contributed by atoms with van der Waals surface area (Å²) in [7, 11) is 0. The fourth-order valence-corrected chi connectivity index (χ4v) is 3.19. The molecular formula is C19H22FN. The van der Waals surface area contributed by atoms with Gasteiger partial charge in [-0.15, -0.1) is 0 Å². The number of fused-ring (bicyclic) bond motifs is 1. The molecule has 1 N–H and O–H groups in total. The second-order valence-corrected chi connectivity index (χ2v) is 6.87. The third-order valence-electron chi connectivity index (χ3n) is 4.25. The Kier molecular flexibility index (Phi) is 3.48. The van der Waals surface area contributed by atoms with E-state index in [4.69, 9.17) is 0 Å². The van der Waals surface area contributed by atoms with Gasteiger partial charge in [0.25, 0.3) is 0 Å². The minimum atomic E-state index is -0.135. The Bertz CT molecular complexity index is 655. The van der Waals surface area contributed by atoms with Crippen LogP contribution < -0.4 is 5.32 Å². The molecule has 21 heavy (non-hydrogen) atoms. The third-order valence-corrected chi connectivity index (χ3v) is 4.25. The largest absolute Gasteiger partial charge is 0.378 e. The summed E-state index contributed by atoms with van der Waals surface area (Å²) in [6.07, 6.45) is 1.97. The first-order valence-electron chi connectivity index (χ1n) is 7.59. The molecule has 0 bridgehead atoms. The lowest BCUT2D eigenvalue weighted by Gasteiger charge is -2.25. The molecule has 0 saturated carbocycles. The lowest BCUT2D eigenvalue weighted by molar-refractivity contribution is 0.590. The highest BCUT2D eigenvalue weighted by atomic mass is 19.1. The van der Waals surface area contributed by atoms with Crippen LogP contribution in [0.5, 0.6) is 0 Å². The van der Waals surface area contributed by atoms with E-state index < -0.39 is 0 Å². The molecule has 1 atom stereocenters. The lowest BCUT2D eigenvalue weighted by Crippen LogP contribution is -2.16. The predicted octanol–water partition coefficient (Wildman–Crippen LogP) is 5.22. The fraction of sp³-hybridized carbons (Fsp3) is 0.368. The highest BCUT2D eigenvalue weighted by Crippen LogP contribution is 2.37. The van der Waals surface area contributed by atoms with Crippen molar-refractivity contribution < 1.29 is 4.39 Å². The van der Waals surface area contributed by atoms with Crippen LogP contribution in [0.25, 0.3) is 0 Å². The van der Waals surface area contributed by atoms with Crippen molar-refractivity contribution in [2.75, 3.05) is 5.32 Å². The first-order chi connectivity index (χ1) is 9.95. The van der Waals surface area contributed by atoms with E-state index in [9.17, 15) is 4.39 Å². The number of para-hydroxylation sites is 1. The number of hydrogen-bond acceptors (Lipinski definition) is 1. The van der Waals surface area contributed by atoms with Crippen LogP contribution in [-0.4, -0.2) is 0 Å². The Balaban J connectivity index is 1.90. The lowest BCUT2D eigenvalue weighted by atomic mass is 9.85.